The summed E-state index contributed by atoms with van der Waals surface area (Å²) in [6.45, 7) is 0.236. The summed E-state index contributed by atoms with van der Waals surface area (Å²) in [5, 5.41) is 13.1. The first kappa shape index (κ1) is 19.1. The van der Waals surface area contributed by atoms with Crippen LogP contribution in [-0.2, 0) is 29.9 Å². The first-order chi connectivity index (χ1) is 15.4. The lowest BCUT2D eigenvalue weighted by molar-refractivity contribution is 0.645. The zero-order chi connectivity index (χ0) is 22.0. The molecule has 0 fully saturated rings. The number of rotatable bonds is 4. The summed E-state index contributed by atoms with van der Waals surface area (Å²) in [6.07, 6.45) is 4.09. The summed E-state index contributed by atoms with van der Waals surface area (Å²) in [7, 11) is -0.783. The Morgan fingerprint density at radius 1 is 1.25 bits per heavy atom. The molecule has 1 aromatic carbocycles. The molecular formula is C20H18N8O2S2. The number of para-hydroxylation sites is 1. The minimum Gasteiger partial charge on any atom is -0.323 e. The van der Waals surface area contributed by atoms with Crippen LogP contribution < -0.4 is 15.0 Å². The largest absolute Gasteiger partial charge is 0.323 e. The summed E-state index contributed by atoms with van der Waals surface area (Å²) in [4.78, 5) is 18.1. The molecule has 0 radical (unpaired) electrons. The Balaban J connectivity index is 1.42. The number of aromatic nitrogens is 6. The van der Waals surface area contributed by atoms with Crippen molar-refractivity contribution in [2.75, 3.05) is 9.44 Å². The molecule has 6 rings (SSSR count). The number of H-pyrrole nitrogens is 1. The maximum atomic E-state index is 13.3. The summed E-state index contributed by atoms with van der Waals surface area (Å²) in [6, 6.07) is 7.46. The number of aromatic amines is 1. The van der Waals surface area contributed by atoms with Gasteiger partial charge in [0.2, 0.25) is 0 Å². The average molecular weight is 467 g/mol. The van der Waals surface area contributed by atoms with Crippen molar-refractivity contribution in [3.05, 3.63) is 63.3 Å². The first-order valence-electron chi connectivity index (χ1n) is 9.76. The Hall–Kier alpha value is -3.64. The number of thiazole rings is 1. The minimum atomic E-state index is -2.63. The van der Waals surface area contributed by atoms with Crippen LogP contribution in [-0.4, -0.2) is 39.6 Å². The van der Waals surface area contributed by atoms with Crippen LogP contribution in [0.5, 0.6) is 0 Å². The van der Waals surface area contributed by atoms with Gasteiger partial charge in [-0.1, -0.05) is 12.1 Å². The van der Waals surface area contributed by atoms with E-state index in [9.17, 15) is 9.00 Å². The van der Waals surface area contributed by atoms with Gasteiger partial charge in [0.15, 0.2) is 5.65 Å². The van der Waals surface area contributed by atoms with Crippen molar-refractivity contribution < 1.29 is 4.21 Å². The van der Waals surface area contributed by atoms with Crippen LogP contribution in [0.15, 0.2) is 41.5 Å². The molecule has 162 valence electrons. The van der Waals surface area contributed by atoms with E-state index in [-0.39, 0.29) is 12.1 Å². The van der Waals surface area contributed by atoms with Crippen molar-refractivity contribution in [1.82, 2.24) is 29.5 Å². The van der Waals surface area contributed by atoms with Gasteiger partial charge < -0.3 is 4.57 Å². The van der Waals surface area contributed by atoms with Crippen molar-refractivity contribution in [3.63, 3.8) is 0 Å². The number of hydrogen-bond acceptors (Lipinski definition) is 6. The molecule has 0 amide bonds. The van der Waals surface area contributed by atoms with Gasteiger partial charge in [0, 0.05) is 30.7 Å². The van der Waals surface area contributed by atoms with Gasteiger partial charge in [-0.25, -0.2) is 13.9 Å². The van der Waals surface area contributed by atoms with Gasteiger partial charge in [-0.15, -0.1) is 11.3 Å². The fourth-order valence-corrected chi connectivity index (χ4v) is 6.31. The van der Waals surface area contributed by atoms with E-state index in [0.29, 0.717) is 23.3 Å². The lowest BCUT2D eigenvalue weighted by Crippen LogP contribution is -2.25. The fourth-order valence-electron chi connectivity index (χ4n) is 4.03. The monoisotopic (exact) mass is 466 g/mol. The number of nitrogens with zero attached hydrogens (tertiary/aromatic N) is 5. The van der Waals surface area contributed by atoms with Gasteiger partial charge in [-0.05, 0) is 23.6 Å². The summed E-state index contributed by atoms with van der Waals surface area (Å²) < 4.78 is 22.3. The molecule has 1 unspecified atom stereocenters. The van der Waals surface area contributed by atoms with Crippen molar-refractivity contribution in [1.29, 1.82) is 0 Å². The van der Waals surface area contributed by atoms with Crippen LogP contribution in [0, 0.1) is 0 Å². The number of fused-ring (bicyclic) bond motifs is 4. The molecule has 0 aliphatic carbocycles. The maximum Gasteiger partial charge on any atom is 0.291 e. The quantitative estimate of drug-likeness (QED) is 0.350. The molecule has 0 bridgehead atoms. The molecule has 5 heterocycles. The second-order valence-corrected chi connectivity index (χ2v) is 10.5. The molecule has 32 heavy (non-hydrogen) atoms. The molecule has 0 saturated heterocycles. The Labute approximate surface area is 186 Å². The fraction of sp³-hybridized carbons (Fsp3) is 0.150. The number of nitrogens with one attached hydrogen (secondary N) is 3. The van der Waals surface area contributed by atoms with E-state index in [4.69, 9.17) is 4.98 Å². The van der Waals surface area contributed by atoms with Gasteiger partial charge in [0.25, 0.3) is 5.56 Å². The van der Waals surface area contributed by atoms with Crippen molar-refractivity contribution in [2.45, 2.75) is 13.0 Å². The Morgan fingerprint density at radius 3 is 2.94 bits per heavy atom. The third-order valence-corrected chi connectivity index (χ3v) is 7.64. The van der Waals surface area contributed by atoms with Crippen LogP contribution in [0.4, 0.5) is 11.4 Å². The van der Waals surface area contributed by atoms with Gasteiger partial charge in [-0.2, -0.15) is 10.2 Å². The average Bonchev–Trinajstić information content (AvgIpc) is 3.50. The van der Waals surface area contributed by atoms with Crippen molar-refractivity contribution in [3.8, 4) is 0 Å². The molecule has 0 saturated carbocycles. The summed E-state index contributed by atoms with van der Waals surface area (Å²) >= 11 is 1.56. The van der Waals surface area contributed by atoms with Gasteiger partial charge in [0.05, 0.1) is 28.8 Å². The van der Waals surface area contributed by atoms with E-state index in [1.165, 1.54) is 4.68 Å². The van der Waals surface area contributed by atoms with Crippen molar-refractivity contribution in [2.24, 2.45) is 7.05 Å². The van der Waals surface area contributed by atoms with Gasteiger partial charge in [-0.3, -0.25) is 19.3 Å². The van der Waals surface area contributed by atoms with E-state index in [0.717, 1.165) is 32.0 Å². The molecule has 0 spiro atoms. The SMILES string of the molecule is C=S1(=O)Nc2cccc(Cn3ncc4c5sc(Cc6ccn[nH]6)nc5n(C)c4c3=O)c2N1. The molecule has 3 N–H and O–H groups in total. The molecule has 1 aliphatic heterocycles. The number of aryl methyl sites for hydroxylation is 1. The molecule has 5 aromatic rings. The highest BCUT2D eigenvalue weighted by atomic mass is 32.2. The number of hydrogen-bond donors (Lipinski definition) is 3. The van der Waals surface area contributed by atoms with E-state index in [1.54, 1.807) is 23.7 Å². The molecular weight excluding hydrogens is 448 g/mol. The highest BCUT2D eigenvalue weighted by Gasteiger charge is 2.22. The smallest absolute Gasteiger partial charge is 0.291 e. The number of anilines is 2. The Morgan fingerprint density at radius 2 is 2.12 bits per heavy atom. The molecule has 1 aliphatic rings. The number of benzene rings is 1. The second-order valence-electron chi connectivity index (χ2n) is 7.67. The normalized spacial score (nSPS) is 17.5. The topological polar surface area (TPSA) is 123 Å². The molecule has 10 nitrogen and oxygen atoms in total. The van der Waals surface area contributed by atoms with Crippen LogP contribution >= 0.6 is 11.3 Å². The van der Waals surface area contributed by atoms with Gasteiger partial charge >= 0.3 is 0 Å². The van der Waals surface area contributed by atoms with Crippen LogP contribution in [0.2, 0.25) is 0 Å². The molecule has 1 atom stereocenters. The van der Waals surface area contributed by atoms with E-state index < -0.39 is 9.89 Å². The third kappa shape index (κ3) is 2.91. The van der Waals surface area contributed by atoms with Crippen LogP contribution in [0.1, 0.15) is 16.3 Å². The maximum absolute atomic E-state index is 13.3. The van der Waals surface area contributed by atoms with Gasteiger partial charge in [0.1, 0.15) is 20.4 Å². The van der Waals surface area contributed by atoms with E-state index >= 15 is 0 Å². The highest BCUT2D eigenvalue weighted by molar-refractivity contribution is 8.03. The van der Waals surface area contributed by atoms with Crippen LogP contribution in [0.3, 0.4) is 0 Å². The zero-order valence-corrected chi connectivity index (χ0v) is 18.6. The van der Waals surface area contributed by atoms with E-state index in [1.807, 2.05) is 35.9 Å². The van der Waals surface area contributed by atoms with E-state index in [2.05, 4.69) is 30.6 Å². The zero-order valence-electron chi connectivity index (χ0n) is 17.0. The van der Waals surface area contributed by atoms with Crippen molar-refractivity contribution >= 4 is 59.7 Å². The summed E-state index contributed by atoms with van der Waals surface area (Å²) in [5.41, 5.74) is 4.28. The first-order valence-corrected chi connectivity index (χ1v) is 12.3. The lowest BCUT2D eigenvalue weighted by atomic mass is 10.1. The standard InChI is InChI=1S/C20H18N8O2S2/c1-27-17-13(18-19(27)23-15(31-18)8-12-6-7-21-24-12)9-22-28(20(17)29)10-11-4-3-5-14-16(11)26-32(2,30)25-14/h3-7,9H,2,8,10H2,1H3,(H,21,24)(H2,25,26,30). The highest BCUT2D eigenvalue weighted by Crippen LogP contribution is 2.34. The Bertz CT molecular complexity index is 1680. The predicted molar refractivity (Wildman–Crippen MR) is 128 cm³/mol. The molecule has 4 aromatic heterocycles. The molecule has 12 heteroatoms. The lowest BCUT2D eigenvalue weighted by Gasteiger charge is -2.09. The van der Waals surface area contributed by atoms with Crippen LogP contribution in [0.25, 0.3) is 21.3 Å². The Kier molecular flexibility index (Phi) is 3.98. The predicted octanol–water partition coefficient (Wildman–Crippen LogP) is 2.09. The third-order valence-electron chi connectivity index (χ3n) is 5.48. The second kappa shape index (κ2) is 6.68. The summed E-state index contributed by atoms with van der Waals surface area (Å²) in [5.74, 6) is 3.66. The minimum absolute atomic E-state index is 0.204.